The Labute approximate surface area is 150 Å². The van der Waals surface area contributed by atoms with Crippen LogP contribution in [0.5, 0.6) is 5.75 Å². The molecule has 8 heteroatoms. The topological polar surface area (TPSA) is 67.9 Å². The lowest BCUT2D eigenvalue weighted by molar-refractivity contribution is -0.174. The molecule has 0 radical (unpaired) electrons. The number of nitrogens with one attached hydrogen (secondary N) is 1. The number of para-hydroxylation sites is 1. The monoisotopic (exact) mass is 370 g/mol. The molecule has 2 rings (SSSR count). The highest BCUT2D eigenvalue weighted by Crippen LogP contribution is 2.40. The number of hydrogen-bond acceptors (Lipinski definition) is 6. The first-order valence-electron chi connectivity index (χ1n) is 7.62. The van der Waals surface area contributed by atoms with E-state index in [-0.39, 0.29) is 23.7 Å². The predicted octanol–water partition coefficient (Wildman–Crippen LogP) is 2.75. The highest BCUT2D eigenvalue weighted by atomic mass is 32.2. The molecule has 1 aromatic carbocycles. The van der Waals surface area contributed by atoms with E-state index in [4.69, 9.17) is 9.57 Å². The van der Waals surface area contributed by atoms with Gasteiger partial charge in [0.05, 0.1) is 4.58 Å². The van der Waals surface area contributed by atoms with E-state index in [1.165, 1.54) is 28.6 Å². The summed E-state index contributed by atoms with van der Waals surface area (Å²) in [6, 6.07) is 8.85. The van der Waals surface area contributed by atoms with E-state index in [2.05, 4.69) is 5.32 Å². The Kier molecular flexibility index (Phi) is 6.82. The smallest absolute Gasteiger partial charge is 0.349 e. The second-order valence-corrected chi connectivity index (χ2v) is 7.31. The summed E-state index contributed by atoms with van der Waals surface area (Å²) in [6.45, 7) is 2.34. The summed E-state index contributed by atoms with van der Waals surface area (Å²) in [4.78, 5) is 30.3. The third kappa shape index (κ3) is 3.65. The first kappa shape index (κ1) is 19.0. The molecule has 0 bridgehead atoms. The quantitative estimate of drug-likeness (QED) is 0.410. The molecule has 1 N–H and O–H groups in total. The molecular weight excluding hydrogens is 348 g/mol. The molecule has 1 aliphatic heterocycles. The number of urea groups is 1. The van der Waals surface area contributed by atoms with Gasteiger partial charge in [0.2, 0.25) is 0 Å². The second-order valence-electron chi connectivity index (χ2n) is 5.13. The number of carbonyl (C=O) groups is 2. The molecule has 0 aromatic heterocycles. The molecule has 6 nitrogen and oxygen atoms in total. The third-order valence-corrected chi connectivity index (χ3v) is 6.62. The summed E-state index contributed by atoms with van der Waals surface area (Å²) in [5.74, 6) is 0.420. The Balaban J connectivity index is 2.02. The zero-order chi connectivity index (χ0) is 17.6. The summed E-state index contributed by atoms with van der Waals surface area (Å²) < 4.78 is 5.44. The van der Waals surface area contributed by atoms with Crippen molar-refractivity contribution >= 4 is 35.5 Å². The Morgan fingerprint density at radius 1 is 1.17 bits per heavy atom. The average molecular weight is 370 g/mol. The van der Waals surface area contributed by atoms with Gasteiger partial charge in [-0.05, 0) is 31.1 Å². The normalized spacial score (nSPS) is 20.6. The molecule has 3 amide bonds. The fourth-order valence-corrected chi connectivity index (χ4v) is 4.96. The summed E-state index contributed by atoms with van der Waals surface area (Å²) >= 11 is 3.07. The number of benzene rings is 1. The van der Waals surface area contributed by atoms with Crippen LogP contribution in [0.4, 0.5) is 4.79 Å². The van der Waals surface area contributed by atoms with Gasteiger partial charge in [0.15, 0.2) is 5.54 Å². The molecule has 1 fully saturated rings. The van der Waals surface area contributed by atoms with Crippen molar-refractivity contribution in [1.29, 1.82) is 0 Å². The lowest BCUT2D eigenvalue weighted by Crippen LogP contribution is -2.55. The van der Waals surface area contributed by atoms with E-state index in [0.717, 1.165) is 5.75 Å². The molecule has 1 heterocycles. The maximum atomic E-state index is 12.5. The van der Waals surface area contributed by atoms with Crippen LogP contribution in [0.1, 0.15) is 13.3 Å². The standard InChI is InChI=1S/C16H22N2O4S2/c1-4-16(14(23-2)24-3)13(19)17-15(20)18(16)22-11-10-21-12-8-6-5-7-9-12/h5-9,14H,4,10-11H2,1-3H3,(H,17,19,20). The molecule has 24 heavy (non-hydrogen) atoms. The number of imide groups is 1. The van der Waals surface area contributed by atoms with Crippen LogP contribution in [0.25, 0.3) is 0 Å². The number of hydrogen-bond donors (Lipinski definition) is 1. The fraction of sp³-hybridized carbons (Fsp3) is 0.500. The van der Waals surface area contributed by atoms with E-state index >= 15 is 0 Å². The maximum absolute atomic E-state index is 12.5. The van der Waals surface area contributed by atoms with Crippen molar-refractivity contribution in [2.45, 2.75) is 23.5 Å². The number of thioether (sulfide) groups is 2. The molecule has 0 saturated carbocycles. The first-order valence-corrected chi connectivity index (χ1v) is 10.2. The van der Waals surface area contributed by atoms with Crippen molar-refractivity contribution in [3.8, 4) is 5.75 Å². The third-order valence-electron chi connectivity index (χ3n) is 3.83. The van der Waals surface area contributed by atoms with Gasteiger partial charge in [0.1, 0.15) is 19.0 Å². The van der Waals surface area contributed by atoms with Gasteiger partial charge in [0, 0.05) is 0 Å². The van der Waals surface area contributed by atoms with Gasteiger partial charge >= 0.3 is 6.03 Å². The number of hydroxylamine groups is 2. The molecule has 0 spiro atoms. The van der Waals surface area contributed by atoms with Crippen LogP contribution < -0.4 is 10.1 Å². The minimum atomic E-state index is -1.01. The van der Waals surface area contributed by atoms with Gasteiger partial charge in [0.25, 0.3) is 5.91 Å². The molecular formula is C16H22N2O4S2. The Bertz CT molecular complexity index is 568. The van der Waals surface area contributed by atoms with E-state index in [1.54, 1.807) is 0 Å². The summed E-state index contributed by atoms with van der Waals surface area (Å²) in [5, 5.41) is 3.57. The molecule has 1 atom stereocenters. The molecule has 1 aromatic rings. The Hall–Kier alpha value is -1.38. The van der Waals surface area contributed by atoms with E-state index in [0.29, 0.717) is 6.42 Å². The van der Waals surface area contributed by atoms with Crippen LogP contribution in [-0.4, -0.2) is 52.8 Å². The van der Waals surface area contributed by atoms with E-state index in [1.807, 2.05) is 49.8 Å². The molecule has 132 valence electrons. The number of amides is 3. The zero-order valence-corrected chi connectivity index (χ0v) is 15.6. The van der Waals surface area contributed by atoms with Crippen LogP contribution in [0.15, 0.2) is 30.3 Å². The number of carbonyl (C=O) groups excluding carboxylic acids is 2. The van der Waals surface area contributed by atoms with Gasteiger partial charge in [-0.1, -0.05) is 25.1 Å². The number of ether oxygens (including phenoxy) is 1. The van der Waals surface area contributed by atoms with Gasteiger partial charge in [-0.25, -0.2) is 4.79 Å². The highest BCUT2D eigenvalue weighted by Gasteiger charge is 2.57. The second kappa shape index (κ2) is 8.64. The average Bonchev–Trinajstić information content (AvgIpc) is 2.84. The van der Waals surface area contributed by atoms with Crippen molar-refractivity contribution < 1.29 is 19.2 Å². The van der Waals surface area contributed by atoms with Crippen molar-refractivity contribution in [2.75, 3.05) is 25.7 Å². The lowest BCUT2D eigenvalue weighted by atomic mass is 9.98. The van der Waals surface area contributed by atoms with Gasteiger partial charge in [-0.15, -0.1) is 23.5 Å². The first-order chi connectivity index (χ1) is 11.6. The highest BCUT2D eigenvalue weighted by molar-refractivity contribution is 8.16. The predicted molar refractivity (Wildman–Crippen MR) is 97.1 cm³/mol. The van der Waals surface area contributed by atoms with Crippen molar-refractivity contribution in [2.24, 2.45) is 0 Å². The van der Waals surface area contributed by atoms with Crippen LogP contribution in [0.2, 0.25) is 0 Å². The number of rotatable bonds is 9. The summed E-state index contributed by atoms with van der Waals surface area (Å²) in [7, 11) is 0. The van der Waals surface area contributed by atoms with Crippen molar-refractivity contribution in [3.05, 3.63) is 30.3 Å². The molecule has 1 unspecified atom stereocenters. The van der Waals surface area contributed by atoms with Crippen LogP contribution in [0.3, 0.4) is 0 Å². The SMILES string of the molecule is CCC1(C(SC)SC)C(=O)NC(=O)N1OCCOc1ccccc1. The van der Waals surface area contributed by atoms with Gasteiger partial charge in [-0.2, -0.15) is 5.06 Å². The van der Waals surface area contributed by atoms with Crippen molar-refractivity contribution in [1.82, 2.24) is 10.4 Å². The van der Waals surface area contributed by atoms with E-state index < -0.39 is 11.6 Å². The van der Waals surface area contributed by atoms with Crippen LogP contribution in [-0.2, 0) is 9.63 Å². The van der Waals surface area contributed by atoms with Crippen LogP contribution in [0, 0.1) is 0 Å². The fourth-order valence-electron chi connectivity index (χ4n) is 2.67. The van der Waals surface area contributed by atoms with Crippen molar-refractivity contribution in [3.63, 3.8) is 0 Å². The lowest BCUT2D eigenvalue weighted by Gasteiger charge is -2.37. The Morgan fingerprint density at radius 2 is 1.83 bits per heavy atom. The maximum Gasteiger partial charge on any atom is 0.349 e. The summed E-state index contributed by atoms with van der Waals surface area (Å²) in [6.07, 6.45) is 4.31. The summed E-state index contributed by atoms with van der Waals surface area (Å²) in [5.41, 5.74) is -1.01. The van der Waals surface area contributed by atoms with Crippen LogP contribution >= 0.6 is 23.5 Å². The zero-order valence-electron chi connectivity index (χ0n) is 14.0. The van der Waals surface area contributed by atoms with Gasteiger partial charge < -0.3 is 4.74 Å². The number of nitrogens with zero attached hydrogens (tertiary/aromatic N) is 1. The molecule has 1 aliphatic rings. The minimum absolute atomic E-state index is 0.121. The Morgan fingerprint density at radius 3 is 2.42 bits per heavy atom. The molecule has 1 saturated heterocycles. The minimum Gasteiger partial charge on any atom is -0.491 e. The van der Waals surface area contributed by atoms with Gasteiger partial charge in [-0.3, -0.25) is 14.9 Å². The molecule has 0 aliphatic carbocycles. The van der Waals surface area contributed by atoms with E-state index in [9.17, 15) is 9.59 Å². The largest absolute Gasteiger partial charge is 0.491 e.